The SMILES string of the molecule is OC(Cc1ccc(F)cc1)CC1CCCCO1. The molecule has 3 heteroatoms. The van der Waals surface area contributed by atoms with Crippen LogP contribution < -0.4 is 0 Å². The lowest BCUT2D eigenvalue weighted by Crippen LogP contribution is -2.25. The van der Waals surface area contributed by atoms with Crippen LogP contribution >= 0.6 is 0 Å². The summed E-state index contributed by atoms with van der Waals surface area (Å²) < 4.78 is 18.3. The second kappa shape index (κ2) is 6.12. The minimum Gasteiger partial charge on any atom is -0.393 e. The molecule has 94 valence electrons. The maximum atomic E-state index is 12.7. The van der Waals surface area contributed by atoms with E-state index in [-0.39, 0.29) is 11.9 Å². The second-order valence-electron chi connectivity index (χ2n) is 4.71. The van der Waals surface area contributed by atoms with Crippen LogP contribution in [0.15, 0.2) is 24.3 Å². The van der Waals surface area contributed by atoms with Crippen LogP contribution in [0.1, 0.15) is 31.2 Å². The number of ether oxygens (including phenoxy) is 1. The zero-order valence-corrected chi connectivity index (χ0v) is 9.94. The van der Waals surface area contributed by atoms with Crippen molar-refractivity contribution in [2.75, 3.05) is 6.61 Å². The van der Waals surface area contributed by atoms with E-state index in [9.17, 15) is 9.50 Å². The van der Waals surface area contributed by atoms with E-state index >= 15 is 0 Å². The smallest absolute Gasteiger partial charge is 0.123 e. The van der Waals surface area contributed by atoms with Crippen LogP contribution in [0.2, 0.25) is 0 Å². The first-order valence-corrected chi connectivity index (χ1v) is 6.28. The highest BCUT2D eigenvalue weighted by Crippen LogP contribution is 2.18. The Hall–Kier alpha value is -0.930. The first kappa shape index (κ1) is 12.5. The van der Waals surface area contributed by atoms with Gasteiger partial charge in [0.05, 0.1) is 12.2 Å². The molecular formula is C14H19FO2. The van der Waals surface area contributed by atoms with E-state index in [1.807, 2.05) is 0 Å². The van der Waals surface area contributed by atoms with Gasteiger partial charge < -0.3 is 9.84 Å². The zero-order valence-electron chi connectivity index (χ0n) is 9.94. The molecule has 1 aromatic rings. The highest BCUT2D eigenvalue weighted by molar-refractivity contribution is 5.16. The Morgan fingerprint density at radius 1 is 1.29 bits per heavy atom. The van der Waals surface area contributed by atoms with Gasteiger partial charge in [0, 0.05) is 6.61 Å². The molecule has 0 spiro atoms. The molecule has 1 aromatic carbocycles. The van der Waals surface area contributed by atoms with E-state index in [4.69, 9.17) is 4.74 Å². The van der Waals surface area contributed by atoms with Crippen molar-refractivity contribution in [2.24, 2.45) is 0 Å². The molecule has 1 aliphatic heterocycles. The molecule has 0 aliphatic carbocycles. The van der Waals surface area contributed by atoms with Crippen LogP contribution in [0.3, 0.4) is 0 Å². The van der Waals surface area contributed by atoms with Gasteiger partial charge in [0.1, 0.15) is 5.82 Å². The van der Waals surface area contributed by atoms with Crippen LogP contribution in [0.25, 0.3) is 0 Å². The van der Waals surface area contributed by atoms with Crippen molar-refractivity contribution in [1.82, 2.24) is 0 Å². The van der Waals surface area contributed by atoms with E-state index in [1.54, 1.807) is 12.1 Å². The molecular weight excluding hydrogens is 219 g/mol. The van der Waals surface area contributed by atoms with Gasteiger partial charge in [0.15, 0.2) is 0 Å². The highest BCUT2D eigenvalue weighted by atomic mass is 19.1. The Morgan fingerprint density at radius 2 is 2.06 bits per heavy atom. The summed E-state index contributed by atoms with van der Waals surface area (Å²) in [6.45, 7) is 0.813. The van der Waals surface area contributed by atoms with Gasteiger partial charge in [-0.2, -0.15) is 0 Å². The first-order chi connectivity index (χ1) is 8.24. The van der Waals surface area contributed by atoms with Gasteiger partial charge >= 0.3 is 0 Å². The summed E-state index contributed by atoms with van der Waals surface area (Å²) >= 11 is 0. The molecule has 0 amide bonds. The van der Waals surface area contributed by atoms with Crippen LogP contribution in [0.4, 0.5) is 4.39 Å². The maximum absolute atomic E-state index is 12.7. The van der Waals surface area contributed by atoms with E-state index in [0.717, 1.165) is 25.0 Å². The van der Waals surface area contributed by atoms with Gasteiger partial charge in [-0.3, -0.25) is 0 Å². The molecule has 1 aliphatic rings. The number of halogens is 1. The fourth-order valence-corrected chi connectivity index (χ4v) is 2.27. The van der Waals surface area contributed by atoms with Gasteiger partial charge in [-0.15, -0.1) is 0 Å². The van der Waals surface area contributed by atoms with Gasteiger partial charge in [-0.05, 0) is 49.8 Å². The fraction of sp³-hybridized carbons (Fsp3) is 0.571. The third-order valence-electron chi connectivity index (χ3n) is 3.19. The van der Waals surface area contributed by atoms with E-state index in [2.05, 4.69) is 0 Å². The highest BCUT2D eigenvalue weighted by Gasteiger charge is 2.18. The molecule has 0 aromatic heterocycles. The van der Waals surface area contributed by atoms with Crippen molar-refractivity contribution in [2.45, 2.75) is 44.3 Å². The van der Waals surface area contributed by atoms with Gasteiger partial charge in [0.25, 0.3) is 0 Å². The summed E-state index contributed by atoms with van der Waals surface area (Å²) in [4.78, 5) is 0. The van der Waals surface area contributed by atoms with Gasteiger partial charge in [-0.25, -0.2) is 4.39 Å². The normalized spacial score (nSPS) is 22.4. The molecule has 2 rings (SSSR count). The number of aliphatic hydroxyl groups is 1. The molecule has 0 saturated carbocycles. The molecule has 2 nitrogen and oxygen atoms in total. The Balaban J connectivity index is 1.79. The lowest BCUT2D eigenvalue weighted by atomic mass is 9.99. The summed E-state index contributed by atoms with van der Waals surface area (Å²) in [5, 5.41) is 9.95. The largest absolute Gasteiger partial charge is 0.393 e. The second-order valence-corrected chi connectivity index (χ2v) is 4.71. The Morgan fingerprint density at radius 3 is 2.71 bits per heavy atom. The van der Waals surface area contributed by atoms with Crippen molar-refractivity contribution in [3.05, 3.63) is 35.6 Å². The molecule has 2 atom stereocenters. The van der Waals surface area contributed by atoms with E-state index < -0.39 is 6.10 Å². The van der Waals surface area contributed by atoms with Crippen molar-refractivity contribution >= 4 is 0 Å². The maximum Gasteiger partial charge on any atom is 0.123 e. The molecule has 1 fully saturated rings. The van der Waals surface area contributed by atoms with Crippen LogP contribution in [0, 0.1) is 5.82 Å². The Labute approximate surface area is 101 Å². The fourth-order valence-electron chi connectivity index (χ4n) is 2.27. The molecule has 2 unspecified atom stereocenters. The standard InChI is InChI=1S/C14H19FO2/c15-12-6-4-11(5-7-12)9-13(16)10-14-3-1-2-8-17-14/h4-7,13-14,16H,1-3,8-10H2. The van der Waals surface area contributed by atoms with Crippen LogP contribution in [0.5, 0.6) is 0 Å². The average molecular weight is 238 g/mol. The van der Waals surface area contributed by atoms with Crippen molar-refractivity contribution < 1.29 is 14.2 Å². The van der Waals surface area contributed by atoms with Gasteiger partial charge in [-0.1, -0.05) is 12.1 Å². The summed E-state index contributed by atoms with van der Waals surface area (Å²) in [6.07, 6.45) is 4.40. The Bertz CT molecular complexity index is 331. The summed E-state index contributed by atoms with van der Waals surface area (Å²) in [5.74, 6) is -0.237. The van der Waals surface area contributed by atoms with Crippen LogP contribution in [-0.4, -0.2) is 23.9 Å². The predicted molar refractivity (Wildman–Crippen MR) is 64.3 cm³/mol. The molecule has 1 N–H and O–H groups in total. The third kappa shape index (κ3) is 4.10. The predicted octanol–water partition coefficient (Wildman–Crippen LogP) is 2.69. The van der Waals surface area contributed by atoms with Gasteiger partial charge in [0.2, 0.25) is 0 Å². The summed E-state index contributed by atoms with van der Waals surface area (Å²) in [5.41, 5.74) is 0.967. The van der Waals surface area contributed by atoms with Crippen molar-refractivity contribution in [3.63, 3.8) is 0 Å². The monoisotopic (exact) mass is 238 g/mol. The third-order valence-corrected chi connectivity index (χ3v) is 3.19. The quantitative estimate of drug-likeness (QED) is 0.874. The number of rotatable bonds is 4. The van der Waals surface area contributed by atoms with Crippen LogP contribution in [-0.2, 0) is 11.2 Å². The number of hydrogen-bond donors (Lipinski definition) is 1. The molecule has 0 radical (unpaired) electrons. The first-order valence-electron chi connectivity index (χ1n) is 6.28. The topological polar surface area (TPSA) is 29.5 Å². The Kier molecular flexibility index (Phi) is 4.51. The minimum atomic E-state index is -0.399. The lowest BCUT2D eigenvalue weighted by molar-refractivity contribution is -0.0147. The van der Waals surface area contributed by atoms with E-state index in [1.165, 1.54) is 18.6 Å². The summed E-state index contributed by atoms with van der Waals surface area (Å²) in [6, 6.07) is 6.30. The van der Waals surface area contributed by atoms with Crippen molar-refractivity contribution in [3.8, 4) is 0 Å². The molecule has 0 bridgehead atoms. The number of hydrogen-bond acceptors (Lipinski definition) is 2. The molecule has 17 heavy (non-hydrogen) atoms. The molecule has 1 heterocycles. The number of aliphatic hydroxyl groups excluding tert-OH is 1. The minimum absolute atomic E-state index is 0.194. The van der Waals surface area contributed by atoms with E-state index in [0.29, 0.717) is 12.8 Å². The molecule has 1 saturated heterocycles. The summed E-state index contributed by atoms with van der Waals surface area (Å²) in [7, 11) is 0. The lowest BCUT2D eigenvalue weighted by Gasteiger charge is -2.24. The van der Waals surface area contributed by atoms with Crippen molar-refractivity contribution in [1.29, 1.82) is 0 Å². The average Bonchev–Trinajstić information content (AvgIpc) is 2.33. The number of benzene rings is 1. The zero-order chi connectivity index (χ0) is 12.1.